The van der Waals surface area contributed by atoms with Crippen molar-refractivity contribution in [1.82, 2.24) is 5.32 Å². The van der Waals surface area contributed by atoms with Crippen LogP contribution in [0.3, 0.4) is 0 Å². The largest absolute Gasteiger partial charge is 0.473 e. The van der Waals surface area contributed by atoms with Crippen molar-refractivity contribution in [2.75, 3.05) is 22.7 Å². The molecule has 0 saturated carbocycles. The zero-order valence-corrected chi connectivity index (χ0v) is 20.6. The zero-order chi connectivity index (χ0) is 26.7. The highest BCUT2D eigenvalue weighted by Crippen LogP contribution is 2.30. The SMILES string of the molecule is CCN(c1ccccc1)S(=O)(=O)c1cc(NC(=O)CNCc2ccco2)ccc1Cl.O=C(O)C(=O)O. The molecule has 192 valence electrons. The molecule has 0 aliphatic rings. The highest BCUT2D eigenvalue weighted by molar-refractivity contribution is 7.93. The van der Waals surface area contributed by atoms with Gasteiger partial charge in [0.2, 0.25) is 5.91 Å². The second-order valence-electron chi connectivity index (χ2n) is 6.99. The van der Waals surface area contributed by atoms with Gasteiger partial charge in [0.25, 0.3) is 10.0 Å². The minimum absolute atomic E-state index is 0.0382. The molecule has 0 saturated heterocycles. The fourth-order valence-corrected chi connectivity index (χ4v) is 4.88. The highest BCUT2D eigenvalue weighted by atomic mass is 35.5. The molecule has 0 aliphatic heterocycles. The summed E-state index contributed by atoms with van der Waals surface area (Å²) in [7, 11) is -3.92. The van der Waals surface area contributed by atoms with Crippen LogP contribution in [-0.4, -0.2) is 49.6 Å². The van der Waals surface area contributed by atoms with E-state index in [1.807, 2.05) is 6.07 Å². The maximum absolute atomic E-state index is 13.2. The van der Waals surface area contributed by atoms with Gasteiger partial charge in [0.15, 0.2) is 0 Å². The van der Waals surface area contributed by atoms with Gasteiger partial charge >= 0.3 is 11.9 Å². The number of aliphatic carboxylic acids is 2. The Kier molecular flexibility index (Phi) is 10.5. The number of furan rings is 1. The van der Waals surface area contributed by atoms with E-state index in [0.29, 0.717) is 23.7 Å². The van der Waals surface area contributed by atoms with Crippen LogP contribution in [0.25, 0.3) is 0 Å². The minimum atomic E-state index is -3.92. The lowest BCUT2D eigenvalue weighted by atomic mass is 10.3. The topological polar surface area (TPSA) is 166 Å². The fraction of sp³-hybridized carbons (Fsp3) is 0.174. The van der Waals surface area contributed by atoms with Crippen molar-refractivity contribution in [3.8, 4) is 0 Å². The Bertz CT molecular complexity index is 1270. The Balaban J connectivity index is 0.000000678. The Morgan fingerprint density at radius 1 is 1.00 bits per heavy atom. The number of nitrogens with one attached hydrogen (secondary N) is 2. The lowest BCUT2D eigenvalue weighted by Crippen LogP contribution is -2.31. The Hall–Kier alpha value is -3.87. The van der Waals surface area contributed by atoms with Crippen molar-refractivity contribution in [3.05, 3.63) is 77.7 Å². The van der Waals surface area contributed by atoms with Gasteiger partial charge in [-0.05, 0) is 49.4 Å². The van der Waals surface area contributed by atoms with Crippen molar-refractivity contribution in [2.45, 2.75) is 18.4 Å². The van der Waals surface area contributed by atoms with Gasteiger partial charge in [-0.15, -0.1) is 0 Å². The summed E-state index contributed by atoms with van der Waals surface area (Å²) in [5.41, 5.74) is 0.875. The van der Waals surface area contributed by atoms with Crippen LogP contribution in [0.2, 0.25) is 5.02 Å². The molecule has 3 aromatic rings. The van der Waals surface area contributed by atoms with Crippen molar-refractivity contribution in [3.63, 3.8) is 0 Å². The molecule has 4 N–H and O–H groups in total. The molecule has 1 aromatic heterocycles. The van der Waals surface area contributed by atoms with Crippen LogP contribution < -0.4 is 14.9 Å². The van der Waals surface area contributed by atoms with E-state index < -0.39 is 22.0 Å². The summed E-state index contributed by atoms with van der Waals surface area (Å²) in [6.45, 7) is 2.42. The van der Waals surface area contributed by atoms with Crippen molar-refractivity contribution in [2.24, 2.45) is 0 Å². The van der Waals surface area contributed by atoms with Gasteiger partial charge in [-0.3, -0.25) is 9.10 Å². The van der Waals surface area contributed by atoms with Crippen LogP contribution >= 0.6 is 11.6 Å². The second kappa shape index (κ2) is 13.3. The number of sulfonamides is 1. The monoisotopic (exact) mass is 537 g/mol. The van der Waals surface area contributed by atoms with E-state index in [9.17, 15) is 13.2 Å². The smallest absolute Gasteiger partial charge is 0.414 e. The predicted molar refractivity (Wildman–Crippen MR) is 132 cm³/mol. The summed E-state index contributed by atoms with van der Waals surface area (Å²) in [5, 5.41) is 20.5. The third-order valence-electron chi connectivity index (χ3n) is 4.46. The molecule has 0 fully saturated rings. The summed E-state index contributed by atoms with van der Waals surface area (Å²) in [6, 6.07) is 16.7. The van der Waals surface area contributed by atoms with E-state index in [-0.39, 0.29) is 28.9 Å². The maximum Gasteiger partial charge on any atom is 0.414 e. The number of carboxylic acids is 2. The molecular formula is C23H24ClN3O8S. The third-order valence-corrected chi connectivity index (χ3v) is 6.85. The number of amides is 1. The van der Waals surface area contributed by atoms with Gasteiger partial charge in [-0.2, -0.15) is 0 Å². The Morgan fingerprint density at radius 2 is 1.67 bits per heavy atom. The molecule has 11 nitrogen and oxygen atoms in total. The number of halogens is 1. The number of rotatable bonds is 9. The zero-order valence-electron chi connectivity index (χ0n) is 19.0. The summed E-state index contributed by atoms with van der Waals surface area (Å²) in [6.07, 6.45) is 1.56. The van der Waals surface area contributed by atoms with Gasteiger partial charge in [0.1, 0.15) is 10.7 Å². The number of benzene rings is 2. The van der Waals surface area contributed by atoms with Crippen LogP contribution in [-0.2, 0) is 31.0 Å². The second-order valence-corrected chi connectivity index (χ2v) is 9.23. The molecule has 0 unspecified atom stereocenters. The molecule has 36 heavy (non-hydrogen) atoms. The van der Waals surface area contributed by atoms with Gasteiger partial charge in [-0.1, -0.05) is 29.8 Å². The molecule has 13 heteroatoms. The molecule has 1 amide bonds. The van der Waals surface area contributed by atoms with Crippen molar-refractivity contribution in [1.29, 1.82) is 0 Å². The van der Waals surface area contributed by atoms with E-state index in [2.05, 4.69) is 10.6 Å². The molecule has 0 radical (unpaired) electrons. The first-order valence-corrected chi connectivity index (χ1v) is 12.2. The number of carbonyl (C=O) groups excluding carboxylic acids is 1. The Morgan fingerprint density at radius 3 is 2.22 bits per heavy atom. The van der Waals surface area contributed by atoms with Gasteiger partial charge in [0.05, 0.1) is 30.1 Å². The van der Waals surface area contributed by atoms with E-state index >= 15 is 0 Å². The fourth-order valence-electron chi connectivity index (χ4n) is 2.90. The third kappa shape index (κ3) is 8.12. The molecule has 3 rings (SSSR count). The average molecular weight is 538 g/mol. The first-order valence-electron chi connectivity index (χ1n) is 10.4. The summed E-state index contributed by atoms with van der Waals surface area (Å²) in [4.78, 5) is 30.3. The molecule has 0 atom stereocenters. The standard InChI is InChI=1S/C21H22ClN3O4S.C2H2O4/c1-2-25(17-7-4-3-5-8-17)30(27,28)20-13-16(10-11-19(20)22)24-21(26)15-23-14-18-9-6-12-29-18;3-1(4)2(5)6/h3-13,23H,2,14-15H2,1H3,(H,24,26);(H,3,4)(H,5,6). The summed E-state index contributed by atoms with van der Waals surface area (Å²) >= 11 is 6.21. The van der Waals surface area contributed by atoms with Gasteiger partial charge in [0, 0.05) is 12.2 Å². The van der Waals surface area contributed by atoms with Crippen LogP contribution in [0.4, 0.5) is 11.4 Å². The van der Waals surface area contributed by atoms with Gasteiger partial charge in [-0.25, -0.2) is 18.0 Å². The molecule has 0 spiro atoms. The molecule has 0 aliphatic carbocycles. The normalized spacial score (nSPS) is 10.6. The number of para-hydroxylation sites is 1. The number of hydrogen-bond donors (Lipinski definition) is 4. The number of anilines is 2. The van der Waals surface area contributed by atoms with Crippen molar-refractivity contribution < 1.29 is 37.4 Å². The van der Waals surface area contributed by atoms with E-state index in [0.717, 1.165) is 0 Å². The Labute approximate surface area is 212 Å². The highest BCUT2D eigenvalue weighted by Gasteiger charge is 2.26. The van der Waals surface area contributed by atoms with Gasteiger partial charge < -0.3 is 25.3 Å². The number of nitrogens with zero attached hydrogens (tertiary/aromatic N) is 1. The summed E-state index contributed by atoms with van der Waals surface area (Å²) in [5.74, 6) is -3.25. The van der Waals surface area contributed by atoms with Crippen molar-refractivity contribution >= 4 is 50.8 Å². The number of carboxylic acid groups (broad SMARTS) is 2. The number of hydrogen-bond acceptors (Lipinski definition) is 7. The predicted octanol–water partition coefficient (Wildman–Crippen LogP) is 3.03. The molecular weight excluding hydrogens is 514 g/mol. The van der Waals surface area contributed by atoms with Crippen LogP contribution in [0.5, 0.6) is 0 Å². The average Bonchev–Trinajstić information content (AvgIpc) is 3.35. The maximum atomic E-state index is 13.2. The lowest BCUT2D eigenvalue weighted by molar-refractivity contribution is -0.159. The molecule has 0 bridgehead atoms. The molecule has 2 aromatic carbocycles. The van der Waals surface area contributed by atoms with Crippen LogP contribution in [0, 0.1) is 0 Å². The lowest BCUT2D eigenvalue weighted by Gasteiger charge is -2.23. The van der Waals surface area contributed by atoms with Crippen LogP contribution in [0.15, 0.2) is 76.2 Å². The first-order chi connectivity index (χ1) is 17.1. The number of carbonyl (C=O) groups is 3. The van der Waals surface area contributed by atoms with E-state index in [4.69, 9.17) is 35.8 Å². The van der Waals surface area contributed by atoms with E-state index in [1.54, 1.807) is 55.7 Å². The molecule has 1 heterocycles. The minimum Gasteiger partial charge on any atom is -0.473 e. The first kappa shape index (κ1) is 28.4. The van der Waals surface area contributed by atoms with E-state index in [1.165, 1.54) is 16.4 Å². The summed E-state index contributed by atoms with van der Waals surface area (Å²) < 4.78 is 32.9. The van der Waals surface area contributed by atoms with Crippen LogP contribution in [0.1, 0.15) is 12.7 Å². The quantitative estimate of drug-likeness (QED) is 0.300.